The van der Waals surface area contributed by atoms with E-state index >= 15 is 0 Å². The maximum Gasteiger partial charge on any atom is 0.228 e. The van der Waals surface area contributed by atoms with Crippen LogP contribution in [0.25, 0.3) is 6.08 Å². The van der Waals surface area contributed by atoms with Crippen LogP contribution >= 0.6 is 0 Å². The van der Waals surface area contributed by atoms with E-state index in [9.17, 15) is 9.59 Å². The first-order valence-corrected chi connectivity index (χ1v) is 12.1. The van der Waals surface area contributed by atoms with Crippen LogP contribution in [0.1, 0.15) is 50.4 Å². The number of aromatic nitrogens is 2. The number of nitrogen functional groups attached to an aromatic ring is 1. The molecule has 1 saturated carbocycles. The van der Waals surface area contributed by atoms with Crippen LogP contribution in [-0.4, -0.2) is 66.1 Å². The number of piperazine rings is 1. The van der Waals surface area contributed by atoms with Crippen LogP contribution in [0.4, 0.5) is 22.9 Å². The quantitative estimate of drug-likeness (QED) is 0.620. The van der Waals surface area contributed by atoms with Gasteiger partial charge in [-0.15, -0.1) is 0 Å². The summed E-state index contributed by atoms with van der Waals surface area (Å²) < 4.78 is 5.06. The molecule has 0 spiro atoms. The van der Waals surface area contributed by atoms with E-state index in [2.05, 4.69) is 16.5 Å². The Balaban J connectivity index is 1.65. The highest BCUT2D eigenvalue weighted by Crippen LogP contribution is 2.47. The van der Waals surface area contributed by atoms with Gasteiger partial charge in [0.05, 0.1) is 41.5 Å². The van der Waals surface area contributed by atoms with E-state index in [1.807, 2.05) is 24.0 Å². The topological polar surface area (TPSA) is 105 Å². The number of methoxy groups -OCH3 is 1. The van der Waals surface area contributed by atoms with Crippen molar-refractivity contribution in [1.29, 1.82) is 0 Å². The molecule has 1 aliphatic carbocycles. The number of amides is 2. The average molecular weight is 479 g/mol. The molecule has 1 aliphatic heterocycles. The monoisotopic (exact) mass is 478 g/mol. The number of hydrogen-bond donors (Lipinski definition) is 1. The van der Waals surface area contributed by atoms with Crippen molar-refractivity contribution in [2.24, 2.45) is 0 Å². The summed E-state index contributed by atoms with van der Waals surface area (Å²) in [6, 6.07) is 5.53. The molecule has 4 rings (SSSR count). The molecule has 0 bridgehead atoms. The summed E-state index contributed by atoms with van der Waals surface area (Å²) in [4.78, 5) is 40.3. The Morgan fingerprint density at radius 1 is 1.31 bits per heavy atom. The zero-order valence-electron chi connectivity index (χ0n) is 20.7. The molecule has 35 heavy (non-hydrogen) atoms. The molecule has 2 aromatic rings. The summed E-state index contributed by atoms with van der Waals surface area (Å²) in [6.07, 6.45) is 5.76. The van der Waals surface area contributed by atoms with E-state index in [1.165, 1.54) is 6.92 Å². The molecular weight excluding hydrogens is 444 g/mol. The van der Waals surface area contributed by atoms with Crippen LogP contribution in [-0.2, 0) is 14.3 Å². The van der Waals surface area contributed by atoms with Gasteiger partial charge in [0.25, 0.3) is 0 Å². The lowest BCUT2D eigenvalue weighted by atomic mass is 10.1. The molecule has 3 heterocycles. The van der Waals surface area contributed by atoms with Crippen molar-refractivity contribution in [1.82, 2.24) is 14.9 Å². The number of rotatable bonds is 8. The highest BCUT2D eigenvalue weighted by Gasteiger charge is 2.34. The summed E-state index contributed by atoms with van der Waals surface area (Å²) in [5.41, 5.74) is 10.0. The highest BCUT2D eigenvalue weighted by molar-refractivity contribution is 6.00. The molecule has 2 aliphatic rings. The average Bonchev–Trinajstić information content (AvgIpc) is 3.68. The minimum Gasteiger partial charge on any atom is -0.396 e. The molecule has 2 N–H and O–H groups in total. The predicted octanol–water partition coefficient (Wildman–Crippen LogP) is 3.34. The van der Waals surface area contributed by atoms with E-state index < -0.39 is 0 Å². The zero-order chi connectivity index (χ0) is 25.1. The third-order valence-corrected chi connectivity index (χ3v) is 6.56. The summed E-state index contributed by atoms with van der Waals surface area (Å²) in [6.45, 7) is 9.68. The standard InChI is InChI=1S/C26H34N6O3/c1-5-20-14-21(8-10-28-20)32(18(3)33)23-15-22(27)26(29-25(23)19-6-7-19)30-11-12-31(17(2)16-30)24(34)9-13-35-4/h5,8,10,14-15,17,19H,1,6-7,9,11-13,16,27H2,2-4H3/t17-/m1/s1. The van der Waals surface area contributed by atoms with Gasteiger partial charge in [0.2, 0.25) is 11.8 Å². The lowest BCUT2D eigenvalue weighted by molar-refractivity contribution is -0.134. The fraction of sp³-hybridized carbons (Fsp3) is 0.462. The Kier molecular flexibility index (Phi) is 7.35. The largest absolute Gasteiger partial charge is 0.396 e. The molecule has 186 valence electrons. The van der Waals surface area contributed by atoms with E-state index in [4.69, 9.17) is 15.5 Å². The second-order valence-electron chi connectivity index (χ2n) is 9.20. The number of nitrogens with zero attached hydrogens (tertiary/aromatic N) is 5. The maximum absolute atomic E-state index is 12.8. The number of hydrogen-bond acceptors (Lipinski definition) is 7. The number of carbonyl (C=O) groups is 2. The van der Waals surface area contributed by atoms with Gasteiger partial charge in [-0.3, -0.25) is 19.5 Å². The van der Waals surface area contributed by atoms with Crippen molar-refractivity contribution < 1.29 is 14.3 Å². The number of nitrogens with two attached hydrogens (primary N) is 1. The SMILES string of the molecule is C=Cc1cc(N(C(C)=O)c2cc(N)c(N3CCN(C(=O)CCOC)[C@H](C)C3)nc2C2CC2)ccn1. The van der Waals surface area contributed by atoms with E-state index in [0.29, 0.717) is 61.3 Å². The van der Waals surface area contributed by atoms with E-state index in [1.54, 1.807) is 30.3 Å². The first kappa shape index (κ1) is 24.7. The Labute approximate surface area is 206 Å². The lowest BCUT2D eigenvalue weighted by Gasteiger charge is -2.41. The van der Waals surface area contributed by atoms with Crippen molar-refractivity contribution in [3.63, 3.8) is 0 Å². The molecule has 1 atom stereocenters. The Morgan fingerprint density at radius 3 is 2.71 bits per heavy atom. The van der Waals surface area contributed by atoms with Crippen LogP contribution in [0, 0.1) is 0 Å². The molecule has 0 radical (unpaired) electrons. The van der Waals surface area contributed by atoms with Crippen molar-refractivity contribution in [3.05, 3.63) is 42.4 Å². The third kappa shape index (κ3) is 5.30. The number of pyridine rings is 2. The summed E-state index contributed by atoms with van der Waals surface area (Å²) in [5.74, 6) is 0.985. The molecular formula is C26H34N6O3. The smallest absolute Gasteiger partial charge is 0.228 e. The fourth-order valence-electron chi connectivity index (χ4n) is 4.64. The number of anilines is 4. The summed E-state index contributed by atoms with van der Waals surface area (Å²) >= 11 is 0. The van der Waals surface area contributed by atoms with Crippen LogP contribution in [0.5, 0.6) is 0 Å². The van der Waals surface area contributed by atoms with Crippen molar-refractivity contribution in [2.45, 2.75) is 45.1 Å². The van der Waals surface area contributed by atoms with Gasteiger partial charge >= 0.3 is 0 Å². The molecule has 1 saturated heterocycles. The predicted molar refractivity (Wildman–Crippen MR) is 138 cm³/mol. The van der Waals surface area contributed by atoms with E-state index in [-0.39, 0.29) is 17.9 Å². The number of ether oxygens (including phenoxy) is 1. The zero-order valence-corrected chi connectivity index (χ0v) is 20.7. The molecule has 2 fully saturated rings. The van der Waals surface area contributed by atoms with Gasteiger partial charge < -0.3 is 20.3 Å². The van der Waals surface area contributed by atoms with Crippen LogP contribution < -0.4 is 15.5 Å². The summed E-state index contributed by atoms with van der Waals surface area (Å²) in [7, 11) is 1.60. The second-order valence-corrected chi connectivity index (χ2v) is 9.20. The van der Waals surface area contributed by atoms with Crippen LogP contribution in [0.15, 0.2) is 31.0 Å². The minimum atomic E-state index is -0.126. The molecule has 0 unspecified atom stereocenters. The van der Waals surface area contributed by atoms with E-state index in [0.717, 1.165) is 24.4 Å². The van der Waals surface area contributed by atoms with Crippen molar-refractivity contribution in [3.8, 4) is 0 Å². The summed E-state index contributed by atoms with van der Waals surface area (Å²) in [5, 5.41) is 0. The molecule has 9 nitrogen and oxygen atoms in total. The molecule has 2 aromatic heterocycles. The lowest BCUT2D eigenvalue weighted by Crippen LogP contribution is -2.54. The second kappa shape index (κ2) is 10.4. The number of carbonyl (C=O) groups excluding carboxylic acids is 2. The molecule has 0 aromatic carbocycles. The first-order valence-electron chi connectivity index (χ1n) is 12.1. The van der Waals surface area contributed by atoms with Crippen LogP contribution in [0.3, 0.4) is 0 Å². The Bertz CT molecular complexity index is 1120. The van der Waals surface area contributed by atoms with Gasteiger partial charge in [0.15, 0.2) is 5.82 Å². The third-order valence-electron chi connectivity index (χ3n) is 6.56. The molecule has 9 heteroatoms. The van der Waals surface area contributed by atoms with Crippen molar-refractivity contribution >= 4 is 40.8 Å². The highest BCUT2D eigenvalue weighted by atomic mass is 16.5. The van der Waals surface area contributed by atoms with Crippen molar-refractivity contribution in [2.75, 3.05) is 48.9 Å². The normalized spacial score (nSPS) is 17.9. The van der Waals surface area contributed by atoms with Gasteiger partial charge in [-0.1, -0.05) is 6.58 Å². The van der Waals surface area contributed by atoms with Gasteiger partial charge in [0.1, 0.15) is 0 Å². The maximum atomic E-state index is 12.8. The fourth-order valence-corrected chi connectivity index (χ4v) is 4.64. The van der Waals surface area contributed by atoms with Gasteiger partial charge in [-0.25, -0.2) is 4.98 Å². The Morgan fingerprint density at radius 2 is 2.09 bits per heavy atom. The minimum absolute atomic E-state index is 0.0289. The van der Waals surface area contributed by atoms with Gasteiger partial charge in [-0.2, -0.15) is 0 Å². The first-order chi connectivity index (χ1) is 16.8. The van der Waals surface area contributed by atoms with Gasteiger partial charge in [-0.05, 0) is 44.0 Å². The Hall–Kier alpha value is -3.46. The molecule has 2 amide bonds. The van der Waals surface area contributed by atoms with Gasteiger partial charge in [0, 0.05) is 51.8 Å². The van der Waals surface area contributed by atoms with Crippen LogP contribution in [0.2, 0.25) is 0 Å².